The smallest absolute Gasteiger partial charge is 0.256 e. The van der Waals surface area contributed by atoms with Crippen molar-refractivity contribution >= 4 is 47.4 Å². The number of aromatic nitrogens is 3. The molecule has 0 aliphatic carbocycles. The highest BCUT2D eigenvalue weighted by atomic mass is 35.5. The Morgan fingerprint density at radius 1 is 1.14 bits per heavy atom. The minimum absolute atomic E-state index is 0. The lowest BCUT2D eigenvalue weighted by atomic mass is 9.91. The number of piperidine rings is 1. The Morgan fingerprint density at radius 2 is 1.89 bits per heavy atom. The van der Waals surface area contributed by atoms with Gasteiger partial charge in [0.1, 0.15) is 17.7 Å². The van der Waals surface area contributed by atoms with Gasteiger partial charge in [-0.05, 0) is 50.2 Å². The maximum absolute atomic E-state index is 12.7. The Labute approximate surface area is 175 Å². The number of ether oxygens (including phenoxy) is 1. The normalized spacial score (nSPS) is 15.3. The van der Waals surface area contributed by atoms with E-state index in [1.807, 2.05) is 41.0 Å². The van der Waals surface area contributed by atoms with Crippen molar-refractivity contribution in [2.24, 2.45) is 0 Å². The first kappa shape index (κ1) is 22.1. The molecule has 1 fully saturated rings. The van der Waals surface area contributed by atoms with Crippen LogP contribution < -0.4 is 10.6 Å². The molecule has 2 aromatic heterocycles. The van der Waals surface area contributed by atoms with Crippen LogP contribution in [0.1, 0.15) is 12.8 Å². The zero-order valence-electron chi connectivity index (χ0n) is 15.4. The Bertz CT molecular complexity index is 923. The molecular formula is C19H23Cl2N5O2. The van der Waals surface area contributed by atoms with Gasteiger partial charge in [0, 0.05) is 7.11 Å². The van der Waals surface area contributed by atoms with Gasteiger partial charge in [-0.15, -0.1) is 24.8 Å². The van der Waals surface area contributed by atoms with Crippen molar-refractivity contribution in [3.63, 3.8) is 0 Å². The number of nitrogens with zero attached hydrogens (tertiary/aromatic N) is 3. The number of para-hydroxylation sites is 2. The van der Waals surface area contributed by atoms with Crippen molar-refractivity contribution in [3.8, 4) is 5.82 Å². The zero-order valence-corrected chi connectivity index (χ0v) is 17.1. The summed E-state index contributed by atoms with van der Waals surface area (Å²) in [6.07, 6.45) is 4.72. The van der Waals surface area contributed by atoms with Crippen LogP contribution in [0.5, 0.6) is 0 Å². The van der Waals surface area contributed by atoms with Crippen LogP contribution >= 0.6 is 24.8 Å². The van der Waals surface area contributed by atoms with E-state index in [0.717, 1.165) is 29.9 Å². The number of carbonyl (C=O) groups is 1. The van der Waals surface area contributed by atoms with Gasteiger partial charge in [0.25, 0.3) is 5.91 Å². The number of hydrogen-bond donors (Lipinski definition) is 2. The molecule has 0 saturated carbocycles. The molecule has 1 amide bonds. The molecule has 3 aromatic rings. The van der Waals surface area contributed by atoms with Gasteiger partial charge in [-0.3, -0.25) is 9.36 Å². The number of methoxy groups -OCH3 is 1. The van der Waals surface area contributed by atoms with E-state index >= 15 is 0 Å². The quantitative estimate of drug-likeness (QED) is 0.673. The van der Waals surface area contributed by atoms with E-state index in [0.29, 0.717) is 18.5 Å². The first-order chi connectivity index (χ1) is 12.7. The fraction of sp³-hybridized carbons (Fsp3) is 0.316. The summed E-state index contributed by atoms with van der Waals surface area (Å²) in [5.74, 6) is 0.629. The van der Waals surface area contributed by atoms with Gasteiger partial charge in [-0.2, -0.15) is 0 Å². The molecule has 1 aliphatic heterocycles. The van der Waals surface area contributed by atoms with Gasteiger partial charge >= 0.3 is 0 Å². The second kappa shape index (κ2) is 9.34. The van der Waals surface area contributed by atoms with Gasteiger partial charge in [0.15, 0.2) is 0 Å². The lowest BCUT2D eigenvalue weighted by Crippen LogP contribution is -2.51. The number of fused-ring (bicyclic) bond motifs is 1. The van der Waals surface area contributed by atoms with E-state index in [9.17, 15) is 4.79 Å². The third-order valence-electron chi connectivity index (χ3n) is 4.92. The minimum Gasteiger partial charge on any atom is -0.368 e. The summed E-state index contributed by atoms with van der Waals surface area (Å²) in [5, 5.41) is 6.18. The monoisotopic (exact) mass is 423 g/mol. The molecule has 150 valence electrons. The molecule has 28 heavy (non-hydrogen) atoms. The van der Waals surface area contributed by atoms with Gasteiger partial charge < -0.3 is 15.4 Å². The number of benzene rings is 1. The lowest BCUT2D eigenvalue weighted by Gasteiger charge is -2.34. The molecule has 1 aliphatic rings. The molecule has 1 saturated heterocycles. The summed E-state index contributed by atoms with van der Waals surface area (Å²) in [4.78, 5) is 21.6. The molecule has 0 unspecified atom stereocenters. The van der Waals surface area contributed by atoms with Crippen molar-refractivity contribution < 1.29 is 9.53 Å². The average Bonchev–Trinajstić information content (AvgIpc) is 3.13. The molecular weight excluding hydrogens is 401 g/mol. The Balaban J connectivity index is 0.00000140. The fourth-order valence-electron chi connectivity index (χ4n) is 3.34. The summed E-state index contributed by atoms with van der Waals surface area (Å²) >= 11 is 0. The first-order valence-corrected chi connectivity index (χ1v) is 8.68. The van der Waals surface area contributed by atoms with Crippen molar-refractivity contribution in [1.29, 1.82) is 0 Å². The Kier molecular flexibility index (Phi) is 7.37. The van der Waals surface area contributed by atoms with Gasteiger partial charge in [0.2, 0.25) is 0 Å². The predicted octanol–water partition coefficient (Wildman–Crippen LogP) is 2.97. The van der Waals surface area contributed by atoms with E-state index in [1.54, 1.807) is 19.6 Å². The van der Waals surface area contributed by atoms with Crippen molar-refractivity contribution in [2.75, 3.05) is 25.5 Å². The van der Waals surface area contributed by atoms with E-state index in [2.05, 4.69) is 20.6 Å². The molecule has 0 atom stereocenters. The maximum atomic E-state index is 12.7. The van der Waals surface area contributed by atoms with Crippen LogP contribution in [-0.4, -0.2) is 46.2 Å². The highest BCUT2D eigenvalue weighted by molar-refractivity contribution is 5.97. The lowest BCUT2D eigenvalue weighted by molar-refractivity contribution is -0.140. The third-order valence-corrected chi connectivity index (χ3v) is 4.92. The number of nitrogens with one attached hydrogen (secondary N) is 2. The molecule has 0 bridgehead atoms. The second-order valence-electron chi connectivity index (χ2n) is 6.41. The summed E-state index contributed by atoms with van der Waals surface area (Å²) in [6.45, 7) is 1.54. The number of amides is 1. The largest absolute Gasteiger partial charge is 0.368 e. The zero-order chi connectivity index (χ0) is 18.0. The minimum atomic E-state index is -0.773. The van der Waals surface area contributed by atoms with Crippen LogP contribution in [0, 0.1) is 0 Å². The van der Waals surface area contributed by atoms with E-state index < -0.39 is 5.60 Å². The summed E-state index contributed by atoms with van der Waals surface area (Å²) < 4.78 is 7.48. The Morgan fingerprint density at radius 3 is 2.57 bits per heavy atom. The third kappa shape index (κ3) is 4.12. The van der Waals surface area contributed by atoms with Crippen LogP contribution in [-0.2, 0) is 9.53 Å². The molecule has 2 N–H and O–H groups in total. The number of imidazole rings is 1. The number of hydrogen-bond acceptors (Lipinski definition) is 5. The van der Waals surface area contributed by atoms with Crippen LogP contribution in [0.3, 0.4) is 0 Å². The summed E-state index contributed by atoms with van der Waals surface area (Å²) in [5.41, 5.74) is 1.78. The Hall–Kier alpha value is -2.19. The molecule has 1 aromatic carbocycles. The molecule has 4 rings (SSSR count). The topological polar surface area (TPSA) is 81.1 Å². The number of pyridine rings is 1. The highest BCUT2D eigenvalue weighted by Gasteiger charge is 2.39. The van der Waals surface area contributed by atoms with Gasteiger partial charge in [0.05, 0.1) is 22.9 Å². The molecule has 0 radical (unpaired) electrons. The number of halogens is 2. The van der Waals surface area contributed by atoms with Crippen LogP contribution in [0.25, 0.3) is 16.9 Å². The summed E-state index contributed by atoms with van der Waals surface area (Å²) in [6, 6.07) is 11.6. The number of rotatable bonds is 4. The van der Waals surface area contributed by atoms with Gasteiger partial charge in [-0.25, -0.2) is 9.97 Å². The summed E-state index contributed by atoms with van der Waals surface area (Å²) in [7, 11) is 1.59. The van der Waals surface area contributed by atoms with E-state index in [1.165, 1.54) is 0 Å². The van der Waals surface area contributed by atoms with Crippen molar-refractivity contribution in [3.05, 3.63) is 48.9 Å². The van der Waals surface area contributed by atoms with E-state index in [-0.39, 0.29) is 30.7 Å². The fourth-order valence-corrected chi connectivity index (χ4v) is 3.34. The predicted molar refractivity (Wildman–Crippen MR) is 114 cm³/mol. The molecule has 9 heteroatoms. The van der Waals surface area contributed by atoms with Crippen molar-refractivity contribution in [1.82, 2.24) is 19.9 Å². The van der Waals surface area contributed by atoms with Crippen LogP contribution in [0.4, 0.5) is 5.69 Å². The average molecular weight is 424 g/mol. The molecule has 0 spiro atoms. The van der Waals surface area contributed by atoms with Crippen LogP contribution in [0.2, 0.25) is 0 Å². The first-order valence-electron chi connectivity index (χ1n) is 8.68. The standard InChI is InChI=1S/C19H21N5O2.2ClH/c1-26-19(8-10-20-11-9-19)18(25)23-14-6-7-17(21-12-14)24-13-22-15-4-2-3-5-16(15)24;;/h2-7,12-13,20H,8-11H2,1H3,(H,23,25);2*1H. The maximum Gasteiger partial charge on any atom is 0.256 e. The molecule has 3 heterocycles. The van der Waals surface area contributed by atoms with Crippen molar-refractivity contribution in [2.45, 2.75) is 18.4 Å². The second-order valence-corrected chi connectivity index (χ2v) is 6.41. The number of carbonyl (C=O) groups excluding carboxylic acids is 1. The van der Waals surface area contributed by atoms with Gasteiger partial charge in [-0.1, -0.05) is 12.1 Å². The highest BCUT2D eigenvalue weighted by Crippen LogP contribution is 2.25. The van der Waals surface area contributed by atoms with Crippen LogP contribution in [0.15, 0.2) is 48.9 Å². The van der Waals surface area contributed by atoms with E-state index in [4.69, 9.17) is 4.74 Å². The molecule has 7 nitrogen and oxygen atoms in total. The SMILES string of the molecule is COC1(C(=O)Nc2ccc(-n3cnc4ccccc43)nc2)CCNCC1.Cl.Cl. The number of anilines is 1.